The first-order valence-electron chi connectivity index (χ1n) is 5.36. The lowest BCUT2D eigenvalue weighted by atomic mass is 10.2. The summed E-state index contributed by atoms with van der Waals surface area (Å²) in [5, 5.41) is 8.69. The zero-order valence-electron chi connectivity index (χ0n) is 9.56. The van der Waals surface area contributed by atoms with Crippen molar-refractivity contribution in [3.05, 3.63) is 58.1 Å². The molecule has 0 atom stereocenters. The Morgan fingerprint density at radius 1 is 1.17 bits per heavy atom. The van der Waals surface area contributed by atoms with Crippen LogP contribution in [0.15, 0.2) is 46.9 Å². The van der Waals surface area contributed by atoms with Crippen LogP contribution in [-0.2, 0) is 6.61 Å². The van der Waals surface area contributed by atoms with Crippen molar-refractivity contribution in [2.45, 2.75) is 6.61 Å². The Kier molecular flexibility index (Phi) is 3.85. The second-order valence-electron chi connectivity index (χ2n) is 3.78. The molecule has 0 aliphatic carbocycles. The van der Waals surface area contributed by atoms with Crippen molar-refractivity contribution in [2.24, 2.45) is 0 Å². The third kappa shape index (κ3) is 3.02. The molecule has 2 aromatic carbocycles. The maximum absolute atomic E-state index is 8.69. The molecule has 2 rings (SSSR count). The summed E-state index contributed by atoms with van der Waals surface area (Å²) in [4.78, 5) is 0. The summed E-state index contributed by atoms with van der Waals surface area (Å²) in [6, 6.07) is 14.7. The first-order valence-corrected chi connectivity index (χ1v) is 6.15. The van der Waals surface area contributed by atoms with E-state index in [4.69, 9.17) is 15.7 Å². The largest absolute Gasteiger partial charge is 0.489 e. The van der Waals surface area contributed by atoms with Gasteiger partial charge in [-0.25, -0.2) is 0 Å². The van der Waals surface area contributed by atoms with E-state index in [0.717, 1.165) is 15.8 Å². The fraction of sp³-hybridized carbons (Fsp3) is 0.0714. The number of nitrogen functional groups attached to an aromatic ring is 1. The monoisotopic (exact) mass is 302 g/mol. The van der Waals surface area contributed by atoms with E-state index in [2.05, 4.69) is 22.0 Å². The number of nitriles is 1. The molecule has 4 heteroatoms. The SMILES string of the molecule is N#Cc1ccc(OCc2ccc(N)cc2Br)cc1. The number of rotatable bonds is 3. The minimum absolute atomic E-state index is 0.451. The summed E-state index contributed by atoms with van der Waals surface area (Å²) in [5.74, 6) is 0.734. The van der Waals surface area contributed by atoms with Gasteiger partial charge in [0, 0.05) is 15.7 Å². The quantitative estimate of drug-likeness (QED) is 0.883. The highest BCUT2D eigenvalue weighted by atomic mass is 79.9. The van der Waals surface area contributed by atoms with E-state index in [1.165, 1.54) is 0 Å². The van der Waals surface area contributed by atoms with Crippen LogP contribution in [0.2, 0.25) is 0 Å². The molecule has 2 N–H and O–H groups in total. The lowest BCUT2D eigenvalue weighted by molar-refractivity contribution is 0.305. The van der Waals surface area contributed by atoms with Crippen LogP contribution in [0.3, 0.4) is 0 Å². The Morgan fingerprint density at radius 2 is 1.89 bits per heavy atom. The van der Waals surface area contributed by atoms with E-state index >= 15 is 0 Å². The first kappa shape index (κ1) is 12.5. The molecule has 0 spiro atoms. The minimum atomic E-state index is 0.451. The second kappa shape index (κ2) is 5.56. The summed E-state index contributed by atoms with van der Waals surface area (Å²) >= 11 is 3.44. The van der Waals surface area contributed by atoms with E-state index < -0.39 is 0 Å². The lowest BCUT2D eigenvalue weighted by Gasteiger charge is -2.08. The van der Waals surface area contributed by atoms with Gasteiger partial charge in [-0.1, -0.05) is 22.0 Å². The average molecular weight is 303 g/mol. The van der Waals surface area contributed by atoms with Crippen LogP contribution in [0.25, 0.3) is 0 Å². The molecule has 0 heterocycles. The summed E-state index contributed by atoms with van der Waals surface area (Å²) in [6.45, 7) is 0.451. The predicted molar refractivity (Wildman–Crippen MR) is 74.0 cm³/mol. The van der Waals surface area contributed by atoms with Crippen LogP contribution in [0.5, 0.6) is 5.75 Å². The van der Waals surface area contributed by atoms with Gasteiger partial charge in [-0.05, 0) is 36.4 Å². The summed E-state index contributed by atoms with van der Waals surface area (Å²) < 4.78 is 6.56. The molecule has 0 aromatic heterocycles. The Balaban J connectivity index is 2.04. The number of halogens is 1. The van der Waals surface area contributed by atoms with Crippen LogP contribution < -0.4 is 10.5 Å². The van der Waals surface area contributed by atoms with Gasteiger partial charge in [0.1, 0.15) is 12.4 Å². The molecule has 0 saturated heterocycles. The van der Waals surface area contributed by atoms with Gasteiger partial charge in [-0.2, -0.15) is 5.26 Å². The van der Waals surface area contributed by atoms with Gasteiger partial charge in [-0.15, -0.1) is 0 Å². The van der Waals surface area contributed by atoms with E-state index in [1.807, 2.05) is 18.2 Å². The maximum atomic E-state index is 8.69. The van der Waals surface area contributed by atoms with E-state index in [-0.39, 0.29) is 0 Å². The predicted octanol–water partition coefficient (Wildman–Crippen LogP) is 3.48. The van der Waals surface area contributed by atoms with Gasteiger partial charge < -0.3 is 10.5 Å². The normalized spacial score (nSPS) is 9.78. The van der Waals surface area contributed by atoms with Gasteiger partial charge in [0.05, 0.1) is 11.6 Å². The molecule has 0 aliphatic rings. The van der Waals surface area contributed by atoms with Crippen LogP contribution in [0.4, 0.5) is 5.69 Å². The molecular formula is C14H11BrN2O. The average Bonchev–Trinajstić information content (AvgIpc) is 2.38. The molecular weight excluding hydrogens is 292 g/mol. The van der Waals surface area contributed by atoms with Crippen molar-refractivity contribution in [3.63, 3.8) is 0 Å². The summed E-state index contributed by atoms with van der Waals surface area (Å²) in [7, 11) is 0. The van der Waals surface area contributed by atoms with Gasteiger partial charge in [-0.3, -0.25) is 0 Å². The zero-order chi connectivity index (χ0) is 13.0. The van der Waals surface area contributed by atoms with Crippen molar-refractivity contribution in [1.29, 1.82) is 5.26 Å². The van der Waals surface area contributed by atoms with Crippen LogP contribution >= 0.6 is 15.9 Å². The van der Waals surface area contributed by atoms with Crippen molar-refractivity contribution in [1.82, 2.24) is 0 Å². The number of nitrogens with two attached hydrogens (primary N) is 1. The Bertz CT molecular complexity index is 588. The molecule has 0 radical (unpaired) electrons. The number of ether oxygens (including phenoxy) is 1. The Hall–Kier alpha value is -1.99. The van der Waals surface area contributed by atoms with E-state index in [1.54, 1.807) is 24.3 Å². The van der Waals surface area contributed by atoms with Crippen molar-refractivity contribution in [3.8, 4) is 11.8 Å². The molecule has 0 bridgehead atoms. The number of anilines is 1. The fourth-order valence-corrected chi connectivity index (χ4v) is 1.98. The molecule has 90 valence electrons. The third-order valence-electron chi connectivity index (χ3n) is 2.45. The lowest BCUT2D eigenvalue weighted by Crippen LogP contribution is -1.97. The first-order chi connectivity index (χ1) is 8.69. The highest BCUT2D eigenvalue weighted by molar-refractivity contribution is 9.10. The molecule has 0 fully saturated rings. The highest BCUT2D eigenvalue weighted by Gasteiger charge is 2.01. The second-order valence-corrected chi connectivity index (χ2v) is 4.63. The molecule has 3 nitrogen and oxygen atoms in total. The van der Waals surface area contributed by atoms with Gasteiger partial charge in [0.15, 0.2) is 0 Å². The molecule has 0 unspecified atom stereocenters. The van der Waals surface area contributed by atoms with Gasteiger partial charge in [0.25, 0.3) is 0 Å². The maximum Gasteiger partial charge on any atom is 0.119 e. The fourth-order valence-electron chi connectivity index (χ4n) is 1.47. The van der Waals surface area contributed by atoms with Gasteiger partial charge >= 0.3 is 0 Å². The topological polar surface area (TPSA) is 59.0 Å². The smallest absolute Gasteiger partial charge is 0.119 e. The number of hydrogen-bond acceptors (Lipinski definition) is 3. The van der Waals surface area contributed by atoms with Crippen molar-refractivity contribution < 1.29 is 4.74 Å². The van der Waals surface area contributed by atoms with E-state index in [0.29, 0.717) is 17.9 Å². The van der Waals surface area contributed by atoms with Crippen LogP contribution in [0.1, 0.15) is 11.1 Å². The molecule has 0 saturated carbocycles. The number of nitrogens with zero attached hydrogens (tertiary/aromatic N) is 1. The summed E-state index contributed by atoms with van der Waals surface area (Å²) in [6.07, 6.45) is 0. The third-order valence-corrected chi connectivity index (χ3v) is 3.19. The van der Waals surface area contributed by atoms with Crippen molar-refractivity contribution >= 4 is 21.6 Å². The highest BCUT2D eigenvalue weighted by Crippen LogP contribution is 2.22. The zero-order valence-corrected chi connectivity index (χ0v) is 11.1. The van der Waals surface area contributed by atoms with Gasteiger partial charge in [0.2, 0.25) is 0 Å². The Labute approximate surface area is 114 Å². The standard InChI is InChI=1S/C14H11BrN2O/c15-14-7-12(17)4-3-11(14)9-18-13-5-1-10(8-16)2-6-13/h1-7H,9,17H2. The van der Waals surface area contributed by atoms with Crippen LogP contribution in [0, 0.1) is 11.3 Å². The molecule has 0 amide bonds. The molecule has 2 aromatic rings. The summed E-state index contributed by atoms with van der Waals surface area (Å²) in [5.41, 5.74) is 8.02. The van der Waals surface area contributed by atoms with Crippen molar-refractivity contribution in [2.75, 3.05) is 5.73 Å². The van der Waals surface area contributed by atoms with E-state index in [9.17, 15) is 0 Å². The minimum Gasteiger partial charge on any atom is -0.489 e. The number of hydrogen-bond donors (Lipinski definition) is 1. The number of benzene rings is 2. The Morgan fingerprint density at radius 3 is 2.50 bits per heavy atom. The molecule has 18 heavy (non-hydrogen) atoms. The molecule has 0 aliphatic heterocycles. The van der Waals surface area contributed by atoms with Crippen LogP contribution in [-0.4, -0.2) is 0 Å².